The molecule has 6 nitrogen and oxygen atoms in total. The number of hydrogen-bond donors (Lipinski definition) is 2. The molecule has 1 fully saturated rings. The number of rotatable bonds is 4. The molecular formula is C17H22FN4O2+. The number of aryl methyl sites for hydroxylation is 1. The maximum Gasteiger partial charge on any atom is 0.283 e. The number of benzene rings is 1. The molecule has 1 aliphatic heterocycles. The van der Waals surface area contributed by atoms with Crippen molar-refractivity contribution >= 4 is 17.4 Å². The van der Waals surface area contributed by atoms with Crippen LogP contribution in [0, 0.1) is 12.7 Å². The Hall–Kier alpha value is -2.41. The first-order chi connectivity index (χ1) is 11.5. The Labute approximate surface area is 140 Å². The van der Waals surface area contributed by atoms with E-state index >= 15 is 0 Å². The van der Waals surface area contributed by atoms with E-state index < -0.39 is 0 Å². The number of quaternary nitrogens is 1. The van der Waals surface area contributed by atoms with Crippen LogP contribution in [0.1, 0.15) is 12.7 Å². The van der Waals surface area contributed by atoms with Crippen molar-refractivity contribution in [3.05, 3.63) is 41.9 Å². The molecule has 3 rings (SSSR count). The number of nitrogens with one attached hydrogen (secondary N) is 2. The van der Waals surface area contributed by atoms with Crippen LogP contribution in [-0.2, 0) is 4.79 Å². The summed E-state index contributed by atoms with van der Waals surface area (Å²) in [7, 11) is 0. The lowest BCUT2D eigenvalue weighted by atomic mass is 10.2. The van der Waals surface area contributed by atoms with E-state index in [-0.39, 0.29) is 17.8 Å². The summed E-state index contributed by atoms with van der Waals surface area (Å²) in [5, 5.41) is 6.58. The van der Waals surface area contributed by atoms with Crippen molar-refractivity contribution in [1.82, 2.24) is 5.16 Å². The van der Waals surface area contributed by atoms with E-state index in [1.807, 2.05) is 6.92 Å². The summed E-state index contributed by atoms with van der Waals surface area (Å²) in [6, 6.07) is 8.08. The van der Waals surface area contributed by atoms with Crippen LogP contribution in [0.4, 0.5) is 15.9 Å². The summed E-state index contributed by atoms with van der Waals surface area (Å²) < 4.78 is 18.0. The van der Waals surface area contributed by atoms with Crippen LogP contribution in [0.5, 0.6) is 0 Å². The minimum Gasteiger partial charge on any atom is -0.360 e. The van der Waals surface area contributed by atoms with Gasteiger partial charge in [0.1, 0.15) is 11.6 Å². The molecule has 0 bridgehead atoms. The number of nitrogens with zero attached hydrogens (tertiary/aromatic N) is 2. The van der Waals surface area contributed by atoms with Gasteiger partial charge in [-0.25, -0.2) is 4.39 Å². The summed E-state index contributed by atoms with van der Waals surface area (Å²) in [5.41, 5.74) is 1.02. The summed E-state index contributed by atoms with van der Waals surface area (Å²) >= 11 is 0. The molecule has 1 aromatic heterocycles. The summed E-state index contributed by atoms with van der Waals surface area (Å²) in [6.07, 6.45) is 0. The third-order valence-electron chi connectivity index (χ3n) is 4.48. The Morgan fingerprint density at radius 2 is 2.00 bits per heavy atom. The van der Waals surface area contributed by atoms with Crippen LogP contribution >= 0.6 is 0 Å². The van der Waals surface area contributed by atoms with Gasteiger partial charge in [-0.3, -0.25) is 4.79 Å². The van der Waals surface area contributed by atoms with Crippen molar-refractivity contribution in [3.8, 4) is 0 Å². The van der Waals surface area contributed by atoms with E-state index in [2.05, 4.69) is 15.4 Å². The lowest BCUT2D eigenvalue weighted by Gasteiger charge is -2.35. The third-order valence-corrected chi connectivity index (χ3v) is 4.48. The van der Waals surface area contributed by atoms with Gasteiger partial charge < -0.3 is 19.6 Å². The SMILES string of the molecule is Cc1cc(NC(=O)[C@H](C)[NH+]2CCN(c3ccc(F)cc3)CC2)no1. The quantitative estimate of drug-likeness (QED) is 0.871. The fourth-order valence-corrected chi connectivity index (χ4v) is 2.98. The largest absolute Gasteiger partial charge is 0.360 e. The zero-order valence-electron chi connectivity index (χ0n) is 13.9. The van der Waals surface area contributed by atoms with Crippen LogP contribution in [0.15, 0.2) is 34.9 Å². The normalized spacial score (nSPS) is 16.9. The highest BCUT2D eigenvalue weighted by atomic mass is 19.1. The number of halogens is 1. The Morgan fingerprint density at radius 1 is 1.33 bits per heavy atom. The molecule has 128 valence electrons. The van der Waals surface area contributed by atoms with E-state index in [1.165, 1.54) is 17.0 Å². The second kappa shape index (κ2) is 7.00. The smallest absolute Gasteiger partial charge is 0.283 e. The fourth-order valence-electron chi connectivity index (χ4n) is 2.98. The van der Waals surface area contributed by atoms with Gasteiger partial charge in [0.2, 0.25) is 0 Å². The van der Waals surface area contributed by atoms with Crippen molar-refractivity contribution in [2.45, 2.75) is 19.9 Å². The second-order valence-corrected chi connectivity index (χ2v) is 6.16. The zero-order valence-corrected chi connectivity index (χ0v) is 13.9. The molecule has 0 aliphatic carbocycles. The first-order valence-corrected chi connectivity index (χ1v) is 8.12. The van der Waals surface area contributed by atoms with Crippen molar-refractivity contribution in [2.75, 3.05) is 36.4 Å². The first-order valence-electron chi connectivity index (χ1n) is 8.12. The molecule has 0 unspecified atom stereocenters. The van der Waals surface area contributed by atoms with Crippen LogP contribution in [0.2, 0.25) is 0 Å². The highest BCUT2D eigenvalue weighted by molar-refractivity contribution is 5.92. The van der Waals surface area contributed by atoms with Crippen molar-refractivity contribution in [1.29, 1.82) is 0 Å². The molecule has 2 heterocycles. The molecule has 0 spiro atoms. The van der Waals surface area contributed by atoms with Crippen LogP contribution in [-0.4, -0.2) is 43.3 Å². The lowest BCUT2D eigenvalue weighted by Crippen LogP contribution is -3.19. The van der Waals surface area contributed by atoms with Gasteiger partial charge >= 0.3 is 0 Å². The highest BCUT2D eigenvalue weighted by Crippen LogP contribution is 2.14. The third kappa shape index (κ3) is 3.73. The Balaban J connectivity index is 1.53. The molecule has 1 aromatic carbocycles. The maximum atomic E-state index is 13.0. The van der Waals surface area contributed by atoms with Gasteiger partial charge in [0.15, 0.2) is 11.9 Å². The molecule has 1 atom stereocenters. The van der Waals surface area contributed by atoms with Gasteiger partial charge in [0, 0.05) is 11.8 Å². The van der Waals surface area contributed by atoms with E-state index in [9.17, 15) is 9.18 Å². The monoisotopic (exact) mass is 333 g/mol. The second-order valence-electron chi connectivity index (χ2n) is 6.16. The number of anilines is 2. The highest BCUT2D eigenvalue weighted by Gasteiger charge is 2.29. The standard InChI is InChI=1S/C17H21FN4O2/c1-12-11-16(20-24-12)19-17(23)13(2)21-7-9-22(10-8-21)15-5-3-14(18)4-6-15/h3-6,11,13H,7-10H2,1-2H3,(H,19,20,23)/p+1/t13-/m0/s1. The van der Waals surface area contributed by atoms with Gasteiger partial charge in [-0.05, 0) is 38.1 Å². The minimum atomic E-state index is -0.226. The van der Waals surface area contributed by atoms with Gasteiger partial charge in [-0.2, -0.15) is 0 Å². The lowest BCUT2D eigenvalue weighted by molar-refractivity contribution is -0.914. The average Bonchev–Trinajstić information content (AvgIpc) is 3.00. The van der Waals surface area contributed by atoms with Crippen LogP contribution in [0.25, 0.3) is 0 Å². The van der Waals surface area contributed by atoms with Gasteiger partial charge in [0.05, 0.1) is 26.2 Å². The molecule has 0 radical (unpaired) electrons. The Morgan fingerprint density at radius 3 is 2.58 bits per heavy atom. The number of hydrogen-bond acceptors (Lipinski definition) is 4. The number of piperazine rings is 1. The van der Waals surface area contributed by atoms with Gasteiger partial charge in [-0.1, -0.05) is 5.16 Å². The molecule has 0 saturated carbocycles. The Kier molecular flexibility index (Phi) is 4.80. The number of carbonyl (C=O) groups is 1. The van der Waals surface area contributed by atoms with E-state index in [4.69, 9.17) is 4.52 Å². The molecule has 2 N–H and O–H groups in total. The predicted molar refractivity (Wildman–Crippen MR) is 88.6 cm³/mol. The molecule has 1 saturated heterocycles. The van der Waals surface area contributed by atoms with E-state index in [1.54, 1.807) is 25.1 Å². The fraction of sp³-hybridized carbons (Fsp3) is 0.412. The van der Waals surface area contributed by atoms with Crippen LogP contribution in [0.3, 0.4) is 0 Å². The molecule has 7 heteroatoms. The summed E-state index contributed by atoms with van der Waals surface area (Å²) in [6.45, 7) is 7.08. The first kappa shape index (κ1) is 16.4. The van der Waals surface area contributed by atoms with Crippen molar-refractivity contribution in [3.63, 3.8) is 0 Å². The van der Waals surface area contributed by atoms with Gasteiger partial charge in [-0.15, -0.1) is 0 Å². The van der Waals surface area contributed by atoms with E-state index in [0.29, 0.717) is 11.6 Å². The molecule has 24 heavy (non-hydrogen) atoms. The Bertz CT molecular complexity index is 693. The van der Waals surface area contributed by atoms with E-state index in [0.717, 1.165) is 31.9 Å². The number of aromatic nitrogens is 1. The molecular weight excluding hydrogens is 311 g/mol. The maximum absolute atomic E-state index is 13.0. The summed E-state index contributed by atoms with van der Waals surface area (Å²) in [4.78, 5) is 15.8. The summed E-state index contributed by atoms with van der Waals surface area (Å²) in [5.74, 6) is 0.830. The molecule has 1 aliphatic rings. The van der Waals surface area contributed by atoms with Crippen molar-refractivity contribution in [2.24, 2.45) is 0 Å². The average molecular weight is 333 g/mol. The van der Waals surface area contributed by atoms with Crippen molar-refractivity contribution < 1.29 is 18.6 Å². The molecule has 1 amide bonds. The number of amides is 1. The topological polar surface area (TPSA) is 62.8 Å². The van der Waals surface area contributed by atoms with Crippen LogP contribution < -0.4 is 15.1 Å². The van der Waals surface area contributed by atoms with Gasteiger partial charge in [0.25, 0.3) is 5.91 Å². The number of carbonyl (C=O) groups excluding carboxylic acids is 1. The molecule has 2 aromatic rings. The zero-order chi connectivity index (χ0) is 17.1. The minimum absolute atomic E-state index is 0.0615. The predicted octanol–water partition coefficient (Wildman–Crippen LogP) is 0.854.